The van der Waals surface area contributed by atoms with Crippen molar-refractivity contribution in [1.82, 2.24) is 10.2 Å². The normalized spacial score (nSPS) is 9.94. The van der Waals surface area contributed by atoms with Crippen LogP contribution in [0.1, 0.15) is 22.3 Å². The molecule has 18 heavy (non-hydrogen) atoms. The molecule has 2 amide bonds. The standard InChI is InChI=1S/C13H19N3O2/c1-9-4-5-11(14)10(8-9)13(18)16(3)7-6-12(17)15-2/h4-5,8H,6-7,14H2,1-3H3,(H,15,17). The van der Waals surface area contributed by atoms with Crippen LogP contribution in [0.3, 0.4) is 0 Å². The van der Waals surface area contributed by atoms with Crippen molar-refractivity contribution >= 4 is 17.5 Å². The van der Waals surface area contributed by atoms with E-state index in [2.05, 4.69) is 5.32 Å². The van der Waals surface area contributed by atoms with Crippen molar-refractivity contribution in [3.05, 3.63) is 29.3 Å². The van der Waals surface area contributed by atoms with Gasteiger partial charge in [-0.25, -0.2) is 0 Å². The Morgan fingerprint density at radius 1 is 1.39 bits per heavy atom. The SMILES string of the molecule is CNC(=O)CCN(C)C(=O)c1cc(C)ccc1N. The summed E-state index contributed by atoms with van der Waals surface area (Å²) in [6.45, 7) is 2.27. The van der Waals surface area contributed by atoms with Gasteiger partial charge in [-0.15, -0.1) is 0 Å². The summed E-state index contributed by atoms with van der Waals surface area (Å²) in [7, 11) is 3.23. The van der Waals surface area contributed by atoms with Gasteiger partial charge in [-0.1, -0.05) is 11.6 Å². The van der Waals surface area contributed by atoms with Crippen LogP contribution in [0.15, 0.2) is 18.2 Å². The van der Waals surface area contributed by atoms with Gasteiger partial charge in [0.05, 0.1) is 5.56 Å². The number of nitrogens with one attached hydrogen (secondary N) is 1. The molecule has 1 rings (SSSR count). The number of nitrogens with two attached hydrogens (primary N) is 1. The van der Waals surface area contributed by atoms with Crippen LogP contribution in [0.5, 0.6) is 0 Å². The molecule has 0 radical (unpaired) electrons. The molecule has 1 aromatic carbocycles. The molecule has 0 heterocycles. The van der Waals surface area contributed by atoms with E-state index in [1.807, 2.05) is 13.0 Å². The lowest BCUT2D eigenvalue weighted by Gasteiger charge is -2.18. The summed E-state index contributed by atoms with van der Waals surface area (Å²) in [6, 6.07) is 5.33. The summed E-state index contributed by atoms with van der Waals surface area (Å²) in [5, 5.41) is 2.52. The van der Waals surface area contributed by atoms with E-state index in [4.69, 9.17) is 5.73 Å². The average molecular weight is 249 g/mol. The molecule has 5 heteroatoms. The van der Waals surface area contributed by atoms with E-state index >= 15 is 0 Å². The number of amides is 2. The molecule has 0 unspecified atom stereocenters. The van der Waals surface area contributed by atoms with Crippen LogP contribution in [0.25, 0.3) is 0 Å². The quantitative estimate of drug-likeness (QED) is 0.774. The van der Waals surface area contributed by atoms with Crippen LogP contribution >= 0.6 is 0 Å². The van der Waals surface area contributed by atoms with Crippen molar-refractivity contribution in [1.29, 1.82) is 0 Å². The van der Waals surface area contributed by atoms with E-state index in [-0.39, 0.29) is 18.2 Å². The second-order valence-corrected chi connectivity index (χ2v) is 4.24. The summed E-state index contributed by atoms with van der Waals surface area (Å²) in [5.41, 5.74) is 7.70. The van der Waals surface area contributed by atoms with Crippen LogP contribution in [-0.2, 0) is 4.79 Å². The Hall–Kier alpha value is -2.04. The van der Waals surface area contributed by atoms with Gasteiger partial charge in [0, 0.05) is 32.7 Å². The van der Waals surface area contributed by atoms with Crippen LogP contribution in [0.2, 0.25) is 0 Å². The molecular formula is C13H19N3O2. The Labute approximate surface area is 107 Å². The summed E-state index contributed by atoms with van der Waals surface area (Å²) in [4.78, 5) is 24.8. The van der Waals surface area contributed by atoms with Crippen molar-refractivity contribution in [2.45, 2.75) is 13.3 Å². The maximum Gasteiger partial charge on any atom is 0.255 e. The van der Waals surface area contributed by atoms with Crippen LogP contribution in [-0.4, -0.2) is 37.4 Å². The largest absolute Gasteiger partial charge is 0.398 e. The molecule has 0 aliphatic rings. The summed E-state index contributed by atoms with van der Waals surface area (Å²) < 4.78 is 0. The molecular weight excluding hydrogens is 230 g/mol. The molecule has 1 aromatic rings. The first-order valence-electron chi connectivity index (χ1n) is 5.78. The topological polar surface area (TPSA) is 75.4 Å². The first-order chi connectivity index (χ1) is 8.45. The number of benzene rings is 1. The average Bonchev–Trinajstić information content (AvgIpc) is 2.37. The number of anilines is 1. The van der Waals surface area contributed by atoms with Crippen molar-refractivity contribution in [2.75, 3.05) is 26.4 Å². The van der Waals surface area contributed by atoms with Gasteiger partial charge in [0.15, 0.2) is 0 Å². The summed E-state index contributed by atoms with van der Waals surface area (Å²) in [6.07, 6.45) is 0.282. The first-order valence-corrected chi connectivity index (χ1v) is 5.78. The second kappa shape index (κ2) is 6.05. The minimum Gasteiger partial charge on any atom is -0.398 e. The van der Waals surface area contributed by atoms with Gasteiger partial charge in [0.2, 0.25) is 5.91 Å². The molecule has 0 spiro atoms. The van der Waals surface area contributed by atoms with Crippen molar-refractivity contribution < 1.29 is 9.59 Å². The number of carbonyl (C=O) groups excluding carboxylic acids is 2. The highest BCUT2D eigenvalue weighted by molar-refractivity contribution is 5.99. The monoisotopic (exact) mass is 249 g/mol. The van der Waals surface area contributed by atoms with Gasteiger partial charge in [-0.05, 0) is 19.1 Å². The molecule has 0 aliphatic carbocycles. The smallest absolute Gasteiger partial charge is 0.255 e. The van der Waals surface area contributed by atoms with Gasteiger partial charge < -0.3 is 16.0 Å². The van der Waals surface area contributed by atoms with Gasteiger partial charge in [0.25, 0.3) is 5.91 Å². The summed E-state index contributed by atoms with van der Waals surface area (Å²) in [5.74, 6) is -0.257. The van der Waals surface area contributed by atoms with Crippen molar-refractivity contribution in [3.8, 4) is 0 Å². The number of aryl methyl sites for hydroxylation is 1. The fraction of sp³-hybridized carbons (Fsp3) is 0.385. The Balaban J connectivity index is 2.74. The number of carbonyl (C=O) groups is 2. The first kappa shape index (κ1) is 14.0. The summed E-state index contributed by atoms with van der Waals surface area (Å²) >= 11 is 0. The predicted octanol–water partition coefficient (Wildman–Crippen LogP) is 0.785. The van der Waals surface area contributed by atoms with Crippen LogP contribution in [0.4, 0.5) is 5.69 Å². The molecule has 3 N–H and O–H groups in total. The molecule has 0 saturated heterocycles. The number of hydrogen-bond acceptors (Lipinski definition) is 3. The van der Waals surface area contributed by atoms with Crippen LogP contribution < -0.4 is 11.1 Å². The van der Waals surface area contributed by atoms with Crippen LogP contribution in [0, 0.1) is 6.92 Å². The van der Waals surface area contributed by atoms with E-state index < -0.39 is 0 Å². The van der Waals surface area contributed by atoms with E-state index in [1.54, 1.807) is 26.2 Å². The fourth-order valence-electron chi connectivity index (χ4n) is 1.56. The Morgan fingerprint density at radius 3 is 2.67 bits per heavy atom. The van der Waals surface area contributed by atoms with E-state index in [0.717, 1.165) is 5.56 Å². The highest BCUT2D eigenvalue weighted by Crippen LogP contribution is 2.15. The molecule has 0 atom stereocenters. The number of hydrogen-bond donors (Lipinski definition) is 2. The zero-order valence-corrected chi connectivity index (χ0v) is 11.0. The highest BCUT2D eigenvalue weighted by atomic mass is 16.2. The lowest BCUT2D eigenvalue weighted by Crippen LogP contribution is -2.31. The third kappa shape index (κ3) is 3.48. The van der Waals surface area contributed by atoms with Gasteiger partial charge in [0.1, 0.15) is 0 Å². The third-order valence-corrected chi connectivity index (χ3v) is 2.74. The zero-order chi connectivity index (χ0) is 13.7. The molecule has 0 saturated carbocycles. The molecule has 5 nitrogen and oxygen atoms in total. The lowest BCUT2D eigenvalue weighted by molar-refractivity contribution is -0.120. The number of rotatable bonds is 4. The van der Waals surface area contributed by atoms with E-state index in [0.29, 0.717) is 17.8 Å². The maximum absolute atomic E-state index is 12.1. The molecule has 0 aromatic heterocycles. The van der Waals surface area contributed by atoms with Crippen molar-refractivity contribution in [2.24, 2.45) is 0 Å². The van der Waals surface area contributed by atoms with Gasteiger partial charge >= 0.3 is 0 Å². The minimum atomic E-state index is -0.167. The van der Waals surface area contributed by atoms with E-state index in [1.165, 1.54) is 4.90 Å². The van der Waals surface area contributed by atoms with E-state index in [9.17, 15) is 9.59 Å². The third-order valence-electron chi connectivity index (χ3n) is 2.74. The maximum atomic E-state index is 12.1. The molecule has 98 valence electrons. The second-order valence-electron chi connectivity index (χ2n) is 4.24. The Bertz CT molecular complexity index is 458. The zero-order valence-electron chi connectivity index (χ0n) is 11.0. The predicted molar refractivity (Wildman–Crippen MR) is 71.2 cm³/mol. The molecule has 0 fully saturated rings. The van der Waals surface area contributed by atoms with Gasteiger partial charge in [-0.2, -0.15) is 0 Å². The fourth-order valence-corrected chi connectivity index (χ4v) is 1.56. The van der Waals surface area contributed by atoms with Gasteiger partial charge in [-0.3, -0.25) is 9.59 Å². The Morgan fingerprint density at radius 2 is 2.06 bits per heavy atom. The number of nitrogens with zero attached hydrogens (tertiary/aromatic N) is 1. The highest BCUT2D eigenvalue weighted by Gasteiger charge is 2.15. The van der Waals surface area contributed by atoms with Crippen molar-refractivity contribution in [3.63, 3.8) is 0 Å². The Kier molecular flexibility index (Phi) is 4.71. The lowest BCUT2D eigenvalue weighted by atomic mass is 10.1. The molecule has 0 bridgehead atoms. The molecule has 0 aliphatic heterocycles. The number of nitrogen functional groups attached to an aromatic ring is 1. The minimum absolute atomic E-state index is 0.0909.